The van der Waals surface area contributed by atoms with E-state index in [2.05, 4.69) is 68.5 Å². The van der Waals surface area contributed by atoms with E-state index < -0.39 is 0 Å². The second-order valence-corrected chi connectivity index (χ2v) is 7.76. The first kappa shape index (κ1) is 13.8. The number of fused-ring (bicyclic) bond motifs is 2. The van der Waals surface area contributed by atoms with Crippen LogP contribution >= 0.6 is 0 Å². The normalized spacial score (nSPS) is 20.9. The van der Waals surface area contributed by atoms with Crippen molar-refractivity contribution >= 4 is 6.08 Å². The van der Waals surface area contributed by atoms with Crippen LogP contribution in [0, 0.1) is 5.41 Å². The lowest BCUT2D eigenvalue weighted by Gasteiger charge is -2.15. The summed E-state index contributed by atoms with van der Waals surface area (Å²) in [5.74, 6) is 0.601. The van der Waals surface area contributed by atoms with Gasteiger partial charge in [-0.1, -0.05) is 68.5 Å². The topological polar surface area (TPSA) is 0 Å². The van der Waals surface area contributed by atoms with Crippen molar-refractivity contribution in [2.24, 2.45) is 5.41 Å². The van der Waals surface area contributed by atoms with Gasteiger partial charge >= 0.3 is 0 Å². The summed E-state index contributed by atoms with van der Waals surface area (Å²) in [5.41, 5.74) is 8.10. The highest BCUT2D eigenvalue weighted by Gasteiger charge is 2.30. The maximum absolute atomic E-state index is 2.51. The van der Waals surface area contributed by atoms with Gasteiger partial charge in [-0.15, -0.1) is 0 Å². The fourth-order valence-electron chi connectivity index (χ4n) is 4.16. The van der Waals surface area contributed by atoms with Crippen molar-refractivity contribution in [3.05, 3.63) is 76.4 Å². The summed E-state index contributed by atoms with van der Waals surface area (Å²) < 4.78 is 0. The van der Waals surface area contributed by atoms with Crippen LogP contribution in [0.3, 0.4) is 0 Å². The van der Waals surface area contributed by atoms with Crippen molar-refractivity contribution in [2.75, 3.05) is 0 Å². The Hall–Kier alpha value is -1.82. The van der Waals surface area contributed by atoms with E-state index in [1.54, 1.807) is 16.7 Å². The molecule has 1 unspecified atom stereocenters. The summed E-state index contributed by atoms with van der Waals surface area (Å²) >= 11 is 0. The maximum Gasteiger partial charge on any atom is 0.00305 e. The third kappa shape index (κ3) is 2.52. The van der Waals surface area contributed by atoms with E-state index in [0.29, 0.717) is 11.3 Å². The van der Waals surface area contributed by atoms with Gasteiger partial charge in [-0.05, 0) is 58.9 Å². The fraction of sp³-hybridized carbons (Fsp3) is 0.364. The molecule has 2 aliphatic carbocycles. The van der Waals surface area contributed by atoms with Gasteiger partial charge in [-0.2, -0.15) is 0 Å². The van der Waals surface area contributed by atoms with Crippen molar-refractivity contribution in [3.63, 3.8) is 0 Å². The smallest absolute Gasteiger partial charge is 0.00305 e. The predicted octanol–water partition coefficient (Wildman–Crippen LogP) is 5.55. The van der Waals surface area contributed by atoms with E-state index in [4.69, 9.17) is 0 Å². The van der Waals surface area contributed by atoms with Gasteiger partial charge in [0.25, 0.3) is 0 Å². The van der Waals surface area contributed by atoms with Crippen LogP contribution in [0.2, 0.25) is 0 Å². The molecule has 0 saturated carbocycles. The molecule has 2 aromatic carbocycles. The molecule has 0 bridgehead atoms. The summed E-state index contributed by atoms with van der Waals surface area (Å²) in [7, 11) is 0. The fourth-order valence-corrected chi connectivity index (χ4v) is 4.16. The van der Waals surface area contributed by atoms with Crippen LogP contribution in [0.4, 0.5) is 0 Å². The Morgan fingerprint density at radius 1 is 1.00 bits per heavy atom. The van der Waals surface area contributed by atoms with E-state index in [-0.39, 0.29) is 0 Å². The quantitative estimate of drug-likeness (QED) is 0.694. The van der Waals surface area contributed by atoms with Crippen LogP contribution in [0.15, 0.2) is 48.5 Å². The third-order valence-corrected chi connectivity index (χ3v) is 5.24. The highest BCUT2D eigenvalue weighted by Crippen LogP contribution is 2.42. The van der Waals surface area contributed by atoms with Gasteiger partial charge < -0.3 is 0 Å². The summed E-state index contributed by atoms with van der Waals surface area (Å²) in [5, 5.41) is 0. The number of allylic oxidation sites excluding steroid dienone is 1. The molecule has 2 aliphatic rings. The largest absolute Gasteiger partial charge is 0.0764 e. The second kappa shape index (κ2) is 5.12. The molecule has 0 spiro atoms. The number of benzene rings is 2. The zero-order valence-corrected chi connectivity index (χ0v) is 13.6. The molecule has 22 heavy (non-hydrogen) atoms. The van der Waals surface area contributed by atoms with Crippen LogP contribution in [-0.4, -0.2) is 0 Å². The molecule has 1 atom stereocenters. The van der Waals surface area contributed by atoms with Crippen LogP contribution in [-0.2, 0) is 19.3 Å². The predicted molar refractivity (Wildman–Crippen MR) is 94.2 cm³/mol. The standard InChI is InChI=1S/C22H24/c1-22(2)14-19-12-18-11-10-17(21(18)13-20(19)15-22)9-8-16-6-4-3-5-7-16/h3-7,10-13,17H,8-9,14-15H2,1-2H3. The zero-order chi connectivity index (χ0) is 15.2. The SMILES string of the molecule is CC1(C)Cc2cc3c(cc2C1)C(CCc1ccccc1)C=C3. The van der Waals surface area contributed by atoms with E-state index in [1.807, 2.05) is 0 Å². The highest BCUT2D eigenvalue weighted by molar-refractivity contribution is 5.65. The summed E-state index contributed by atoms with van der Waals surface area (Å²) in [4.78, 5) is 0. The molecule has 0 aromatic heterocycles. The molecular formula is C22H24. The molecule has 0 saturated heterocycles. The molecule has 0 N–H and O–H groups in total. The minimum atomic E-state index is 0.445. The Morgan fingerprint density at radius 3 is 2.50 bits per heavy atom. The number of rotatable bonds is 3. The van der Waals surface area contributed by atoms with Gasteiger partial charge in [0.1, 0.15) is 0 Å². The summed E-state index contributed by atoms with van der Waals surface area (Å²) in [6, 6.07) is 15.8. The lowest BCUT2D eigenvalue weighted by Crippen LogP contribution is -2.09. The first-order valence-electron chi connectivity index (χ1n) is 8.49. The van der Waals surface area contributed by atoms with Crippen molar-refractivity contribution in [1.29, 1.82) is 0 Å². The molecule has 2 aromatic rings. The van der Waals surface area contributed by atoms with Crippen LogP contribution in [0.5, 0.6) is 0 Å². The van der Waals surface area contributed by atoms with E-state index in [9.17, 15) is 0 Å². The Kier molecular flexibility index (Phi) is 3.22. The van der Waals surface area contributed by atoms with E-state index in [0.717, 1.165) is 6.42 Å². The summed E-state index contributed by atoms with van der Waals surface area (Å²) in [6.45, 7) is 4.78. The molecule has 112 valence electrons. The van der Waals surface area contributed by atoms with Gasteiger partial charge in [0.15, 0.2) is 0 Å². The molecule has 4 rings (SSSR count). The van der Waals surface area contributed by atoms with Crippen LogP contribution in [0.25, 0.3) is 6.08 Å². The first-order chi connectivity index (χ1) is 10.6. The maximum atomic E-state index is 2.51. The molecular weight excluding hydrogens is 264 g/mol. The van der Waals surface area contributed by atoms with Gasteiger partial charge in [-0.3, -0.25) is 0 Å². The highest BCUT2D eigenvalue weighted by atomic mass is 14.3. The number of hydrogen-bond acceptors (Lipinski definition) is 0. The van der Waals surface area contributed by atoms with Crippen molar-refractivity contribution in [2.45, 2.75) is 45.4 Å². The molecule has 0 radical (unpaired) electrons. The zero-order valence-electron chi connectivity index (χ0n) is 13.6. The Labute approximate surface area is 133 Å². The summed E-state index contributed by atoms with van der Waals surface area (Å²) in [6.07, 6.45) is 9.61. The number of aryl methyl sites for hydroxylation is 1. The third-order valence-electron chi connectivity index (χ3n) is 5.24. The molecule has 0 aliphatic heterocycles. The monoisotopic (exact) mass is 288 g/mol. The van der Waals surface area contributed by atoms with Crippen molar-refractivity contribution in [3.8, 4) is 0 Å². The molecule has 0 heteroatoms. The van der Waals surface area contributed by atoms with E-state index >= 15 is 0 Å². The Balaban J connectivity index is 1.55. The van der Waals surface area contributed by atoms with Crippen LogP contribution < -0.4 is 0 Å². The average Bonchev–Trinajstić information content (AvgIpc) is 3.01. The lowest BCUT2D eigenvalue weighted by atomic mass is 9.90. The second-order valence-electron chi connectivity index (χ2n) is 7.76. The first-order valence-corrected chi connectivity index (χ1v) is 8.49. The molecule has 0 amide bonds. The minimum Gasteiger partial charge on any atom is -0.0764 e. The average molecular weight is 288 g/mol. The molecule has 0 nitrogen and oxygen atoms in total. The molecule has 0 heterocycles. The van der Waals surface area contributed by atoms with Crippen molar-refractivity contribution < 1.29 is 0 Å². The number of hydrogen-bond donors (Lipinski definition) is 0. The van der Waals surface area contributed by atoms with Gasteiger partial charge in [-0.25, -0.2) is 0 Å². The minimum absolute atomic E-state index is 0.445. The Bertz CT molecular complexity index is 719. The van der Waals surface area contributed by atoms with Gasteiger partial charge in [0.05, 0.1) is 0 Å². The van der Waals surface area contributed by atoms with Crippen molar-refractivity contribution in [1.82, 2.24) is 0 Å². The van der Waals surface area contributed by atoms with Gasteiger partial charge in [0.2, 0.25) is 0 Å². The Morgan fingerprint density at radius 2 is 1.73 bits per heavy atom. The van der Waals surface area contributed by atoms with Gasteiger partial charge in [0, 0.05) is 5.92 Å². The van der Waals surface area contributed by atoms with E-state index in [1.165, 1.54) is 30.4 Å². The lowest BCUT2D eigenvalue weighted by molar-refractivity contribution is 0.392. The van der Waals surface area contributed by atoms with Crippen LogP contribution in [0.1, 0.15) is 54.0 Å². The molecule has 0 fully saturated rings.